The molecule has 1 aromatic heterocycles. The summed E-state index contributed by atoms with van der Waals surface area (Å²) in [6.07, 6.45) is 4.44. The van der Waals surface area contributed by atoms with Crippen molar-refractivity contribution in [3.05, 3.63) is 18.0 Å². The minimum atomic E-state index is -4.47. The van der Waals surface area contributed by atoms with Crippen LogP contribution in [-0.4, -0.2) is 54.1 Å². The second-order valence-corrected chi connectivity index (χ2v) is 7.40. The molecule has 2 fully saturated rings. The molecule has 0 bridgehead atoms. The lowest BCUT2D eigenvalue weighted by atomic mass is 9.73. The summed E-state index contributed by atoms with van der Waals surface area (Å²) in [5.41, 5.74) is -0.501. The number of hydrogen-bond donors (Lipinski definition) is 2. The van der Waals surface area contributed by atoms with Gasteiger partial charge in [0.1, 0.15) is 5.69 Å². The molecule has 2 N–H and O–H groups in total. The first-order valence-electron chi connectivity index (χ1n) is 9.52. The summed E-state index contributed by atoms with van der Waals surface area (Å²) in [6.45, 7) is 2.97. The zero-order valence-electron chi connectivity index (χ0n) is 15.6. The summed E-state index contributed by atoms with van der Waals surface area (Å²) < 4.78 is 38.0. The monoisotopic (exact) mass is 384 g/mol. The smallest absolute Gasteiger partial charge is 0.354 e. The third-order valence-electron chi connectivity index (χ3n) is 5.50. The highest BCUT2D eigenvalue weighted by Gasteiger charge is 2.39. The van der Waals surface area contributed by atoms with E-state index in [0.717, 1.165) is 31.3 Å². The van der Waals surface area contributed by atoms with Crippen LogP contribution in [0.1, 0.15) is 44.2 Å². The van der Waals surface area contributed by atoms with E-state index < -0.39 is 11.9 Å². The van der Waals surface area contributed by atoms with E-state index in [-0.39, 0.29) is 5.95 Å². The molecular formula is C18H27F3N6. The van der Waals surface area contributed by atoms with Crippen molar-refractivity contribution in [1.82, 2.24) is 20.2 Å². The first-order chi connectivity index (χ1) is 12.9. The Hall–Kier alpha value is -2.06. The van der Waals surface area contributed by atoms with Crippen molar-refractivity contribution in [3.63, 3.8) is 0 Å². The molecule has 1 spiro atoms. The number of halogens is 3. The van der Waals surface area contributed by atoms with Crippen LogP contribution < -0.4 is 10.6 Å². The van der Waals surface area contributed by atoms with Gasteiger partial charge in [0.2, 0.25) is 5.95 Å². The average Bonchev–Trinajstić information content (AvgIpc) is 3.05. The lowest BCUT2D eigenvalue weighted by Gasteiger charge is -2.33. The Morgan fingerprint density at radius 1 is 1.22 bits per heavy atom. The number of nitrogens with zero attached hydrogens (tertiary/aromatic N) is 4. The number of aliphatic imine (C=N–C) groups is 1. The summed E-state index contributed by atoms with van der Waals surface area (Å²) in [7, 11) is 1.76. The van der Waals surface area contributed by atoms with Crippen molar-refractivity contribution in [2.24, 2.45) is 10.4 Å². The minimum absolute atomic E-state index is 0.0241. The number of nitrogens with one attached hydrogen (secondary N) is 2. The fraction of sp³-hybridized carbons (Fsp3) is 0.722. The topological polar surface area (TPSA) is 65.4 Å². The van der Waals surface area contributed by atoms with Crippen molar-refractivity contribution in [3.8, 4) is 0 Å². The van der Waals surface area contributed by atoms with Crippen LogP contribution >= 0.6 is 0 Å². The van der Waals surface area contributed by atoms with E-state index in [9.17, 15) is 13.2 Å². The molecule has 9 heteroatoms. The maximum Gasteiger partial charge on any atom is 0.433 e. The molecule has 2 heterocycles. The number of alkyl halides is 3. The molecule has 0 atom stereocenters. The first-order valence-corrected chi connectivity index (χ1v) is 9.52. The highest BCUT2D eigenvalue weighted by molar-refractivity contribution is 5.80. The molecule has 1 saturated heterocycles. The summed E-state index contributed by atoms with van der Waals surface area (Å²) >= 11 is 0. The Labute approximate surface area is 157 Å². The normalized spacial score (nSPS) is 20.1. The highest BCUT2D eigenvalue weighted by Crippen LogP contribution is 2.43. The number of anilines is 1. The number of guanidine groups is 1. The van der Waals surface area contributed by atoms with Crippen LogP contribution in [0, 0.1) is 5.41 Å². The fourth-order valence-electron chi connectivity index (χ4n) is 4.11. The average molecular weight is 384 g/mol. The van der Waals surface area contributed by atoms with Gasteiger partial charge in [-0.25, -0.2) is 9.97 Å². The quantitative estimate of drug-likeness (QED) is 0.474. The van der Waals surface area contributed by atoms with E-state index >= 15 is 0 Å². The molecule has 3 rings (SSSR count). The summed E-state index contributed by atoms with van der Waals surface area (Å²) in [5, 5.41) is 6.11. The van der Waals surface area contributed by atoms with Crippen LogP contribution in [0.4, 0.5) is 19.1 Å². The molecule has 6 nitrogen and oxygen atoms in total. The highest BCUT2D eigenvalue weighted by atomic mass is 19.4. The molecule has 1 saturated carbocycles. The molecule has 1 aliphatic heterocycles. The van der Waals surface area contributed by atoms with Gasteiger partial charge < -0.3 is 15.5 Å². The third-order valence-corrected chi connectivity index (χ3v) is 5.50. The van der Waals surface area contributed by atoms with Gasteiger partial charge in [-0.15, -0.1) is 0 Å². The van der Waals surface area contributed by atoms with Crippen LogP contribution in [0.2, 0.25) is 0 Å². The predicted octanol–water partition coefficient (Wildman–Crippen LogP) is 3.14. The Bertz CT molecular complexity index is 655. The molecule has 0 unspecified atom stereocenters. The van der Waals surface area contributed by atoms with Crippen LogP contribution in [0.25, 0.3) is 0 Å². The zero-order chi connectivity index (χ0) is 19.3. The number of likely N-dealkylation sites (tertiary alicyclic amines) is 1. The molecule has 1 aliphatic carbocycles. The van der Waals surface area contributed by atoms with E-state index in [2.05, 4.69) is 30.5 Å². The van der Waals surface area contributed by atoms with Gasteiger partial charge in [-0.05, 0) is 30.7 Å². The first kappa shape index (κ1) is 19.7. The number of rotatable bonds is 4. The lowest BCUT2D eigenvalue weighted by molar-refractivity contribution is -0.141. The molecule has 0 amide bonds. The molecule has 1 aromatic rings. The maximum atomic E-state index is 12.7. The van der Waals surface area contributed by atoms with Gasteiger partial charge in [0.25, 0.3) is 0 Å². The van der Waals surface area contributed by atoms with Crippen molar-refractivity contribution < 1.29 is 13.2 Å². The Morgan fingerprint density at radius 2 is 2.00 bits per heavy atom. The van der Waals surface area contributed by atoms with Gasteiger partial charge >= 0.3 is 6.18 Å². The van der Waals surface area contributed by atoms with Crippen molar-refractivity contribution in [2.45, 2.75) is 44.7 Å². The third kappa shape index (κ3) is 5.01. The zero-order valence-corrected chi connectivity index (χ0v) is 15.6. The van der Waals surface area contributed by atoms with Gasteiger partial charge in [-0.1, -0.05) is 19.3 Å². The Balaban J connectivity index is 1.46. The van der Waals surface area contributed by atoms with Crippen LogP contribution in [0.5, 0.6) is 0 Å². The molecule has 27 heavy (non-hydrogen) atoms. The second-order valence-electron chi connectivity index (χ2n) is 7.40. The van der Waals surface area contributed by atoms with E-state index in [1.165, 1.54) is 38.5 Å². The summed E-state index contributed by atoms with van der Waals surface area (Å²) in [6, 6.07) is 0.861. The van der Waals surface area contributed by atoms with Gasteiger partial charge in [0, 0.05) is 39.4 Å². The van der Waals surface area contributed by atoms with Gasteiger partial charge in [0.15, 0.2) is 5.96 Å². The van der Waals surface area contributed by atoms with Crippen LogP contribution in [-0.2, 0) is 6.18 Å². The summed E-state index contributed by atoms with van der Waals surface area (Å²) in [4.78, 5) is 14.0. The minimum Gasteiger partial charge on any atom is -0.354 e. The molecule has 0 aromatic carbocycles. The van der Waals surface area contributed by atoms with Crippen LogP contribution in [0.3, 0.4) is 0 Å². The van der Waals surface area contributed by atoms with Gasteiger partial charge in [0.05, 0.1) is 0 Å². The molecular weight excluding hydrogens is 357 g/mol. The molecule has 0 radical (unpaired) electrons. The van der Waals surface area contributed by atoms with Gasteiger partial charge in [-0.2, -0.15) is 13.2 Å². The second kappa shape index (κ2) is 8.31. The van der Waals surface area contributed by atoms with Crippen molar-refractivity contribution >= 4 is 11.9 Å². The van der Waals surface area contributed by atoms with Crippen molar-refractivity contribution in [2.75, 3.05) is 38.5 Å². The largest absolute Gasteiger partial charge is 0.433 e. The predicted molar refractivity (Wildman–Crippen MR) is 98.6 cm³/mol. The van der Waals surface area contributed by atoms with E-state index in [0.29, 0.717) is 18.5 Å². The fourth-order valence-corrected chi connectivity index (χ4v) is 4.11. The molecule has 2 aliphatic rings. The Morgan fingerprint density at radius 3 is 2.70 bits per heavy atom. The van der Waals surface area contributed by atoms with E-state index in [1.807, 2.05) is 0 Å². The SMILES string of the molecule is CN=C(NCCNc1nccc(C(F)(F)F)n1)N1CCC2(CCCCC2)C1. The standard InChI is InChI=1S/C18H27F3N6/c1-22-16(27-12-8-17(13-27)6-3-2-4-7-17)25-11-10-24-15-23-9-5-14(26-15)18(19,20)21/h5,9H,2-4,6-8,10-13H2,1H3,(H,22,25)(H,23,24,26). The number of hydrogen-bond acceptors (Lipinski definition) is 4. The van der Waals surface area contributed by atoms with Crippen LogP contribution in [0.15, 0.2) is 17.3 Å². The Kier molecular flexibility index (Phi) is 6.06. The van der Waals surface area contributed by atoms with Gasteiger partial charge in [-0.3, -0.25) is 4.99 Å². The molecule has 150 valence electrons. The van der Waals surface area contributed by atoms with Crippen molar-refractivity contribution in [1.29, 1.82) is 0 Å². The van der Waals surface area contributed by atoms with E-state index in [1.54, 1.807) is 7.05 Å². The van der Waals surface area contributed by atoms with E-state index in [4.69, 9.17) is 0 Å². The lowest BCUT2D eigenvalue weighted by Crippen LogP contribution is -2.43. The summed E-state index contributed by atoms with van der Waals surface area (Å²) in [5.74, 6) is 0.827. The number of aromatic nitrogens is 2. The maximum absolute atomic E-state index is 12.7.